The van der Waals surface area contributed by atoms with Crippen LogP contribution in [0.25, 0.3) is 0 Å². The van der Waals surface area contributed by atoms with E-state index in [-0.39, 0.29) is 0 Å². The van der Waals surface area contributed by atoms with Gasteiger partial charge in [0.1, 0.15) is 4.32 Å². The number of thioether (sulfide) groups is 1. The smallest absolute Gasteiger partial charge is 0.233 e. The third kappa shape index (κ3) is 6.17. The van der Waals surface area contributed by atoms with Crippen LogP contribution in [0.5, 0.6) is 0 Å². The standard InChI is InChI=1S/C24H30N6S2/c1-7-30(8-2)24(31)32-23-28-21(25-19-11-9-15(3)13-17(19)5)27-22(29-23)26-20-12-10-16(4)14-18(20)6/h9-14H,7-8H2,1-6H3,(H2,25,26,27,28,29). The highest BCUT2D eigenvalue weighted by atomic mass is 32.2. The SMILES string of the molecule is CCN(CC)C(=S)Sc1nc(Nc2ccc(C)cc2C)nc(Nc2ccc(C)cc2C)n1. The van der Waals surface area contributed by atoms with E-state index in [9.17, 15) is 0 Å². The van der Waals surface area contributed by atoms with E-state index in [2.05, 4.69) is 96.3 Å². The molecular weight excluding hydrogens is 436 g/mol. The van der Waals surface area contributed by atoms with Crippen LogP contribution in [0, 0.1) is 27.7 Å². The molecule has 2 aromatic carbocycles. The summed E-state index contributed by atoms with van der Waals surface area (Å²) in [5.74, 6) is 0.952. The van der Waals surface area contributed by atoms with Gasteiger partial charge in [0.05, 0.1) is 0 Å². The van der Waals surface area contributed by atoms with Crippen LogP contribution in [0.3, 0.4) is 0 Å². The summed E-state index contributed by atoms with van der Waals surface area (Å²) in [4.78, 5) is 16.0. The van der Waals surface area contributed by atoms with Gasteiger partial charge < -0.3 is 15.5 Å². The number of thiocarbonyl (C=S) groups is 1. The fraction of sp³-hybridized carbons (Fsp3) is 0.333. The van der Waals surface area contributed by atoms with E-state index in [0.29, 0.717) is 17.1 Å². The van der Waals surface area contributed by atoms with Crippen LogP contribution in [0.4, 0.5) is 23.3 Å². The Morgan fingerprint density at radius 3 is 1.69 bits per heavy atom. The van der Waals surface area contributed by atoms with Gasteiger partial charge in [-0.3, -0.25) is 0 Å². The van der Waals surface area contributed by atoms with Gasteiger partial charge >= 0.3 is 0 Å². The van der Waals surface area contributed by atoms with Crippen LogP contribution >= 0.6 is 24.0 Å². The molecule has 32 heavy (non-hydrogen) atoms. The van der Waals surface area contributed by atoms with Crippen molar-refractivity contribution in [1.82, 2.24) is 19.9 Å². The van der Waals surface area contributed by atoms with Gasteiger partial charge in [-0.15, -0.1) is 0 Å². The van der Waals surface area contributed by atoms with Crippen molar-refractivity contribution in [2.75, 3.05) is 23.7 Å². The predicted molar refractivity (Wildman–Crippen MR) is 140 cm³/mol. The van der Waals surface area contributed by atoms with Crippen molar-refractivity contribution < 1.29 is 0 Å². The first-order valence-electron chi connectivity index (χ1n) is 10.7. The average molecular weight is 467 g/mol. The molecule has 6 nitrogen and oxygen atoms in total. The second kappa shape index (κ2) is 10.7. The summed E-state index contributed by atoms with van der Waals surface area (Å²) in [7, 11) is 0. The first-order valence-corrected chi connectivity index (χ1v) is 11.9. The summed E-state index contributed by atoms with van der Waals surface area (Å²) >= 11 is 7.00. The lowest BCUT2D eigenvalue weighted by Crippen LogP contribution is -2.26. The summed E-state index contributed by atoms with van der Waals surface area (Å²) < 4.78 is 0.746. The number of benzene rings is 2. The molecule has 0 unspecified atom stereocenters. The van der Waals surface area contributed by atoms with Crippen molar-refractivity contribution in [1.29, 1.82) is 0 Å². The molecule has 0 aliphatic heterocycles. The number of hydrogen-bond donors (Lipinski definition) is 2. The normalized spacial score (nSPS) is 10.7. The Balaban J connectivity index is 1.95. The number of aryl methyl sites for hydroxylation is 4. The Bertz CT molecular complexity index is 1040. The molecular formula is C24H30N6S2. The molecule has 0 amide bonds. The van der Waals surface area contributed by atoms with E-state index < -0.39 is 0 Å². The largest absolute Gasteiger partial charge is 0.358 e. The summed E-state index contributed by atoms with van der Waals surface area (Å²) in [6.45, 7) is 14.1. The highest BCUT2D eigenvalue weighted by Crippen LogP contribution is 2.26. The first-order chi connectivity index (χ1) is 15.3. The van der Waals surface area contributed by atoms with Crippen molar-refractivity contribution in [3.05, 3.63) is 58.7 Å². The minimum atomic E-state index is 0.476. The zero-order valence-electron chi connectivity index (χ0n) is 19.5. The zero-order chi connectivity index (χ0) is 23.3. The molecule has 0 radical (unpaired) electrons. The fourth-order valence-corrected chi connectivity index (χ4v) is 4.58. The zero-order valence-corrected chi connectivity index (χ0v) is 21.1. The maximum Gasteiger partial charge on any atom is 0.233 e. The predicted octanol–water partition coefficient (Wildman–Crippen LogP) is 6.31. The van der Waals surface area contributed by atoms with Crippen LogP contribution in [-0.2, 0) is 0 Å². The van der Waals surface area contributed by atoms with Gasteiger partial charge in [0, 0.05) is 24.5 Å². The highest BCUT2D eigenvalue weighted by Gasteiger charge is 2.14. The van der Waals surface area contributed by atoms with Crippen molar-refractivity contribution >= 4 is 51.6 Å². The number of nitrogens with zero attached hydrogens (tertiary/aromatic N) is 4. The summed E-state index contributed by atoms with van der Waals surface area (Å²) in [5, 5.41) is 7.25. The van der Waals surface area contributed by atoms with Crippen LogP contribution < -0.4 is 10.6 Å². The Morgan fingerprint density at radius 2 is 1.28 bits per heavy atom. The van der Waals surface area contributed by atoms with Crippen molar-refractivity contribution in [2.24, 2.45) is 0 Å². The molecule has 0 spiro atoms. The van der Waals surface area contributed by atoms with E-state index in [1.165, 1.54) is 22.9 Å². The fourth-order valence-electron chi connectivity index (χ4n) is 3.29. The molecule has 0 saturated carbocycles. The van der Waals surface area contributed by atoms with E-state index in [4.69, 9.17) is 12.2 Å². The topological polar surface area (TPSA) is 66.0 Å². The highest BCUT2D eigenvalue weighted by molar-refractivity contribution is 8.22. The van der Waals surface area contributed by atoms with Gasteiger partial charge in [-0.05, 0) is 76.6 Å². The van der Waals surface area contributed by atoms with Crippen molar-refractivity contribution in [2.45, 2.75) is 46.7 Å². The Morgan fingerprint density at radius 1 is 0.812 bits per heavy atom. The van der Waals surface area contributed by atoms with Crippen molar-refractivity contribution in [3.63, 3.8) is 0 Å². The third-order valence-electron chi connectivity index (χ3n) is 5.07. The maximum atomic E-state index is 5.62. The van der Waals surface area contributed by atoms with Gasteiger partial charge in [-0.2, -0.15) is 15.0 Å². The molecule has 2 N–H and O–H groups in total. The van der Waals surface area contributed by atoms with Gasteiger partial charge in [0.15, 0.2) is 0 Å². The third-order valence-corrected chi connectivity index (χ3v) is 6.38. The van der Waals surface area contributed by atoms with E-state index in [0.717, 1.165) is 39.9 Å². The van der Waals surface area contributed by atoms with E-state index >= 15 is 0 Å². The second-order valence-corrected chi connectivity index (χ2v) is 9.29. The Labute approximate surface area is 200 Å². The summed E-state index contributed by atoms with van der Waals surface area (Å²) in [6, 6.07) is 12.5. The molecule has 0 saturated heterocycles. The van der Waals surface area contributed by atoms with Gasteiger partial charge in [-0.1, -0.05) is 47.6 Å². The number of aromatic nitrogens is 3. The molecule has 0 fully saturated rings. The molecule has 8 heteroatoms. The van der Waals surface area contributed by atoms with Crippen LogP contribution in [0.1, 0.15) is 36.1 Å². The molecule has 0 aliphatic carbocycles. The lowest BCUT2D eigenvalue weighted by Gasteiger charge is -2.20. The number of nitrogens with one attached hydrogen (secondary N) is 2. The first kappa shape index (κ1) is 23.9. The number of anilines is 4. The molecule has 3 rings (SSSR count). The van der Waals surface area contributed by atoms with Crippen molar-refractivity contribution in [3.8, 4) is 0 Å². The van der Waals surface area contributed by atoms with Gasteiger partial charge in [-0.25, -0.2) is 0 Å². The number of rotatable bonds is 7. The number of hydrogen-bond acceptors (Lipinski definition) is 7. The monoisotopic (exact) mass is 466 g/mol. The lowest BCUT2D eigenvalue weighted by atomic mass is 10.1. The molecule has 0 atom stereocenters. The molecule has 0 aliphatic rings. The molecule has 3 aromatic rings. The van der Waals surface area contributed by atoms with E-state index in [1.807, 2.05) is 12.1 Å². The van der Waals surface area contributed by atoms with E-state index in [1.54, 1.807) is 0 Å². The Hall–Kier alpha value is -2.71. The van der Waals surface area contributed by atoms with Crippen LogP contribution in [-0.4, -0.2) is 37.3 Å². The van der Waals surface area contributed by atoms with Crippen LogP contribution in [0.2, 0.25) is 0 Å². The second-order valence-electron chi connectivity index (χ2n) is 7.69. The Kier molecular flexibility index (Phi) is 8.04. The summed E-state index contributed by atoms with van der Waals surface area (Å²) in [5.41, 5.74) is 6.59. The minimum absolute atomic E-state index is 0.476. The van der Waals surface area contributed by atoms with Gasteiger partial charge in [0.25, 0.3) is 0 Å². The quantitative estimate of drug-likeness (QED) is 0.310. The molecule has 168 valence electrons. The maximum absolute atomic E-state index is 5.62. The molecule has 0 bridgehead atoms. The summed E-state index contributed by atoms with van der Waals surface area (Å²) in [6.07, 6.45) is 0. The minimum Gasteiger partial charge on any atom is -0.358 e. The van der Waals surface area contributed by atoms with Gasteiger partial charge in [0.2, 0.25) is 17.1 Å². The lowest BCUT2D eigenvalue weighted by molar-refractivity contribution is 0.482. The average Bonchev–Trinajstić information content (AvgIpc) is 2.73. The molecule has 1 aromatic heterocycles. The molecule has 1 heterocycles. The van der Waals surface area contributed by atoms with Crippen LogP contribution in [0.15, 0.2) is 41.6 Å².